The van der Waals surface area contributed by atoms with Crippen molar-refractivity contribution in [2.24, 2.45) is 7.05 Å². The molecule has 1 aliphatic rings. The first kappa shape index (κ1) is 14.1. The molecule has 2 aromatic heterocycles. The van der Waals surface area contributed by atoms with E-state index >= 15 is 0 Å². The Kier molecular flexibility index (Phi) is 2.75. The SMILES string of the molecule is C[C@@H]1Cc2c(cnn2C)-c2onc([C@](C)(O)C(F)(F)F)c21. The van der Waals surface area contributed by atoms with Gasteiger partial charge in [-0.05, 0) is 19.3 Å². The van der Waals surface area contributed by atoms with Crippen LogP contribution in [0.25, 0.3) is 11.3 Å². The van der Waals surface area contributed by atoms with Gasteiger partial charge in [0.05, 0.1) is 11.8 Å². The molecular formula is C13H14F3N3O2. The Bertz CT molecular complexity index is 700. The zero-order chi connectivity index (χ0) is 15.6. The summed E-state index contributed by atoms with van der Waals surface area (Å²) in [6.45, 7) is 2.47. The first-order valence-electron chi connectivity index (χ1n) is 6.45. The zero-order valence-corrected chi connectivity index (χ0v) is 11.7. The van der Waals surface area contributed by atoms with E-state index in [1.165, 1.54) is 6.20 Å². The molecule has 0 saturated heterocycles. The first-order chi connectivity index (χ1) is 9.64. The van der Waals surface area contributed by atoms with E-state index in [-0.39, 0.29) is 11.7 Å². The first-order valence-corrected chi connectivity index (χ1v) is 6.45. The van der Waals surface area contributed by atoms with Crippen molar-refractivity contribution in [2.75, 3.05) is 0 Å². The molecule has 0 aromatic carbocycles. The highest BCUT2D eigenvalue weighted by Crippen LogP contribution is 2.47. The third-order valence-electron chi connectivity index (χ3n) is 4.04. The molecule has 1 N–H and O–H groups in total. The van der Waals surface area contributed by atoms with Crippen LogP contribution in [0, 0.1) is 0 Å². The average molecular weight is 301 g/mol. The van der Waals surface area contributed by atoms with Gasteiger partial charge in [-0.25, -0.2) is 0 Å². The molecule has 3 rings (SSSR count). The molecule has 0 bridgehead atoms. The van der Waals surface area contributed by atoms with Crippen LogP contribution in [-0.2, 0) is 19.1 Å². The predicted molar refractivity (Wildman–Crippen MR) is 66.4 cm³/mol. The number of alkyl halides is 3. The molecule has 0 spiro atoms. The maximum Gasteiger partial charge on any atom is 0.422 e. The van der Waals surface area contributed by atoms with E-state index in [1.54, 1.807) is 18.7 Å². The summed E-state index contributed by atoms with van der Waals surface area (Å²) in [5.74, 6) is 0.00866. The Hall–Kier alpha value is -1.83. The van der Waals surface area contributed by atoms with Crippen molar-refractivity contribution in [3.8, 4) is 11.3 Å². The van der Waals surface area contributed by atoms with Crippen LogP contribution in [0.15, 0.2) is 10.7 Å². The number of aliphatic hydroxyl groups is 1. The van der Waals surface area contributed by atoms with Crippen LogP contribution in [0.5, 0.6) is 0 Å². The Morgan fingerprint density at radius 2 is 2.10 bits per heavy atom. The minimum Gasteiger partial charge on any atom is -0.375 e. The third kappa shape index (κ3) is 1.81. The normalized spacial score (nSPS) is 20.8. The van der Waals surface area contributed by atoms with Crippen molar-refractivity contribution in [3.63, 3.8) is 0 Å². The van der Waals surface area contributed by atoms with Crippen LogP contribution >= 0.6 is 0 Å². The standard InChI is InChI=1S/C13H14F3N3O2/c1-6-4-8-7(5-17-19(8)3)10-9(6)11(18-21-10)12(2,20)13(14,15)16/h5-6,20H,4H2,1-3H3/t6-,12+/m1/s1. The van der Waals surface area contributed by atoms with Crippen molar-refractivity contribution in [1.82, 2.24) is 14.9 Å². The molecule has 0 saturated carbocycles. The second-order valence-corrected chi connectivity index (χ2v) is 5.58. The summed E-state index contributed by atoms with van der Waals surface area (Å²) >= 11 is 0. The highest BCUT2D eigenvalue weighted by Gasteiger charge is 2.55. The minimum absolute atomic E-state index is 0.252. The molecule has 0 amide bonds. The lowest BCUT2D eigenvalue weighted by atomic mass is 9.82. The van der Waals surface area contributed by atoms with Gasteiger partial charge < -0.3 is 9.63 Å². The minimum atomic E-state index is -4.83. The lowest BCUT2D eigenvalue weighted by Crippen LogP contribution is -2.40. The number of aromatic nitrogens is 3. The summed E-state index contributed by atoms with van der Waals surface area (Å²) < 4.78 is 45.9. The van der Waals surface area contributed by atoms with E-state index in [4.69, 9.17) is 4.52 Å². The van der Waals surface area contributed by atoms with Crippen molar-refractivity contribution in [2.45, 2.75) is 38.0 Å². The second kappa shape index (κ2) is 4.09. The number of fused-ring (bicyclic) bond motifs is 3. The van der Waals surface area contributed by atoms with Crippen LogP contribution in [0.1, 0.15) is 36.7 Å². The van der Waals surface area contributed by atoms with Crippen molar-refractivity contribution < 1.29 is 22.8 Å². The summed E-state index contributed by atoms with van der Waals surface area (Å²) in [6, 6.07) is 0. The fraction of sp³-hybridized carbons (Fsp3) is 0.538. The van der Waals surface area contributed by atoms with Crippen LogP contribution < -0.4 is 0 Å². The highest BCUT2D eigenvalue weighted by atomic mass is 19.4. The topological polar surface area (TPSA) is 64.1 Å². The van der Waals surface area contributed by atoms with E-state index < -0.39 is 17.5 Å². The molecule has 0 radical (unpaired) electrons. The molecule has 2 aromatic rings. The maximum atomic E-state index is 13.0. The van der Waals surface area contributed by atoms with Gasteiger partial charge in [0.15, 0.2) is 5.76 Å². The molecule has 1 aliphatic carbocycles. The fourth-order valence-corrected chi connectivity index (χ4v) is 2.72. The number of rotatable bonds is 1. The van der Waals surface area contributed by atoms with E-state index in [0.717, 1.165) is 5.69 Å². The fourth-order valence-electron chi connectivity index (χ4n) is 2.72. The monoisotopic (exact) mass is 301 g/mol. The Balaban J connectivity index is 2.21. The van der Waals surface area contributed by atoms with Crippen molar-refractivity contribution in [1.29, 1.82) is 0 Å². The van der Waals surface area contributed by atoms with Crippen molar-refractivity contribution >= 4 is 0 Å². The van der Waals surface area contributed by atoms with Crippen LogP contribution in [0.2, 0.25) is 0 Å². The Labute approximate surface area is 118 Å². The number of aryl methyl sites for hydroxylation is 1. The molecule has 0 fully saturated rings. The molecule has 2 heterocycles. The van der Waals surface area contributed by atoms with Gasteiger partial charge in [0.1, 0.15) is 5.69 Å². The second-order valence-electron chi connectivity index (χ2n) is 5.58. The third-order valence-corrected chi connectivity index (χ3v) is 4.04. The van der Waals surface area contributed by atoms with Crippen LogP contribution in [0.3, 0.4) is 0 Å². The number of hydrogen-bond acceptors (Lipinski definition) is 4. The van der Waals surface area contributed by atoms with Gasteiger partial charge in [0, 0.05) is 18.3 Å². The highest BCUT2D eigenvalue weighted by molar-refractivity contribution is 5.68. The van der Waals surface area contributed by atoms with E-state index in [1.807, 2.05) is 0 Å². The van der Waals surface area contributed by atoms with E-state index in [9.17, 15) is 18.3 Å². The maximum absolute atomic E-state index is 13.0. The molecular weight excluding hydrogens is 287 g/mol. The van der Waals surface area contributed by atoms with Gasteiger partial charge in [-0.15, -0.1) is 0 Å². The molecule has 21 heavy (non-hydrogen) atoms. The van der Waals surface area contributed by atoms with Gasteiger partial charge >= 0.3 is 6.18 Å². The molecule has 2 atom stereocenters. The van der Waals surface area contributed by atoms with Crippen LogP contribution in [0.4, 0.5) is 13.2 Å². The average Bonchev–Trinajstić information content (AvgIpc) is 2.93. The van der Waals surface area contributed by atoms with E-state index in [2.05, 4.69) is 10.3 Å². The van der Waals surface area contributed by atoms with E-state index in [0.29, 0.717) is 24.5 Å². The van der Waals surface area contributed by atoms with Crippen LogP contribution in [-0.4, -0.2) is 26.2 Å². The number of halogens is 3. The lowest BCUT2D eigenvalue weighted by Gasteiger charge is -2.27. The molecule has 0 aliphatic heterocycles. The molecule has 114 valence electrons. The Morgan fingerprint density at radius 1 is 1.43 bits per heavy atom. The summed E-state index contributed by atoms with van der Waals surface area (Å²) in [6.07, 6.45) is -2.77. The van der Waals surface area contributed by atoms with Gasteiger partial charge in [-0.1, -0.05) is 12.1 Å². The lowest BCUT2D eigenvalue weighted by molar-refractivity contribution is -0.261. The Morgan fingerprint density at radius 3 is 2.71 bits per heavy atom. The molecule has 5 nitrogen and oxygen atoms in total. The van der Waals surface area contributed by atoms with Gasteiger partial charge in [0.25, 0.3) is 0 Å². The number of nitrogens with zero attached hydrogens (tertiary/aromatic N) is 3. The largest absolute Gasteiger partial charge is 0.422 e. The molecule has 0 unspecified atom stereocenters. The van der Waals surface area contributed by atoms with Gasteiger partial charge in [-0.2, -0.15) is 18.3 Å². The molecule has 8 heteroatoms. The summed E-state index contributed by atoms with van der Waals surface area (Å²) in [4.78, 5) is 0. The van der Waals surface area contributed by atoms with Gasteiger partial charge in [-0.3, -0.25) is 4.68 Å². The zero-order valence-electron chi connectivity index (χ0n) is 11.7. The predicted octanol–water partition coefficient (Wildman–Crippen LogP) is 2.50. The summed E-state index contributed by atoms with van der Waals surface area (Å²) in [7, 11) is 1.76. The van der Waals surface area contributed by atoms with Crippen molar-refractivity contribution in [3.05, 3.63) is 23.1 Å². The summed E-state index contributed by atoms with van der Waals surface area (Å²) in [5.41, 5.74) is -1.70. The number of hydrogen-bond donors (Lipinski definition) is 1. The summed E-state index contributed by atoms with van der Waals surface area (Å²) in [5, 5.41) is 17.5. The van der Waals surface area contributed by atoms with Gasteiger partial charge in [0.2, 0.25) is 5.60 Å². The quantitative estimate of drug-likeness (QED) is 0.879. The smallest absolute Gasteiger partial charge is 0.375 e.